The predicted molar refractivity (Wildman–Crippen MR) is 99.3 cm³/mol. The van der Waals surface area contributed by atoms with Crippen molar-refractivity contribution in [3.63, 3.8) is 0 Å². The fourth-order valence-corrected chi connectivity index (χ4v) is 2.58. The van der Waals surface area contributed by atoms with Crippen molar-refractivity contribution in [3.05, 3.63) is 23.3 Å². The van der Waals surface area contributed by atoms with Gasteiger partial charge in [-0.1, -0.05) is 17.7 Å². The monoisotopic (exact) mass is 351 g/mol. The van der Waals surface area contributed by atoms with E-state index in [4.69, 9.17) is 9.47 Å². The van der Waals surface area contributed by atoms with Gasteiger partial charge in [-0.05, 0) is 72.8 Å². The predicted octanol–water partition coefficient (Wildman–Crippen LogP) is 4.62. The van der Waals surface area contributed by atoms with Crippen LogP contribution in [0.5, 0.6) is 0 Å². The standard InChI is InChI=1S/C20H33NO4/c1-7-15(2)10-8-11-16(3)14-24-18(22)17-12-9-13-21(17)19(23)25-20(4,5)6/h7,11,17H,8-10,12-14H2,1-6H3/b15-7+,16-11+. The van der Waals surface area contributed by atoms with Crippen LogP contribution in [0.15, 0.2) is 23.3 Å². The largest absolute Gasteiger partial charge is 0.460 e. The Kier molecular flexibility index (Phi) is 8.20. The second-order valence-electron chi connectivity index (χ2n) is 7.66. The van der Waals surface area contributed by atoms with Crippen LogP contribution in [0.3, 0.4) is 0 Å². The highest BCUT2D eigenvalue weighted by Gasteiger charge is 2.37. The maximum absolute atomic E-state index is 12.4. The first kappa shape index (κ1) is 21.3. The molecule has 0 spiro atoms. The molecular formula is C20H33NO4. The smallest absolute Gasteiger partial charge is 0.411 e. The number of carbonyl (C=O) groups excluding carboxylic acids is 2. The Balaban J connectivity index is 2.50. The maximum atomic E-state index is 12.4. The molecule has 0 aliphatic carbocycles. The van der Waals surface area contributed by atoms with Crippen LogP contribution in [-0.4, -0.2) is 41.8 Å². The number of nitrogens with zero attached hydrogens (tertiary/aromatic N) is 1. The summed E-state index contributed by atoms with van der Waals surface area (Å²) >= 11 is 0. The minimum Gasteiger partial charge on any atom is -0.460 e. The second-order valence-corrected chi connectivity index (χ2v) is 7.66. The molecule has 1 fully saturated rings. The van der Waals surface area contributed by atoms with Crippen molar-refractivity contribution in [3.8, 4) is 0 Å². The van der Waals surface area contributed by atoms with Crippen LogP contribution in [0, 0.1) is 0 Å². The highest BCUT2D eigenvalue weighted by atomic mass is 16.6. The molecule has 1 atom stereocenters. The third-order valence-electron chi connectivity index (χ3n) is 4.12. The third-order valence-corrected chi connectivity index (χ3v) is 4.12. The van der Waals surface area contributed by atoms with E-state index in [1.54, 1.807) is 0 Å². The average molecular weight is 351 g/mol. The van der Waals surface area contributed by atoms with Crippen molar-refractivity contribution < 1.29 is 19.1 Å². The molecule has 0 aromatic carbocycles. The number of carbonyl (C=O) groups is 2. The first-order valence-corrected chi connectivity index (χ1v) is 9.07. The van der Waals surface area contributed by atoms with E-state index in [0.717, 1.165) is 24.8 Å². The van der Waals surface area contributed by atoms with Gasteiger partial charge in [0.15, 0.2) is 0 Å². The Morgan fingerprint density at radius 2 is 1.88 bits per heavy atom. The average Bonchev–Trinajstić information content (AvgIpc) is 3.00. The third kappa shape index (κ3) is 7.76. The van der Waals surface area contributed by atoms with E-state index in [9.17, 15) is 9.59 Å². The molecule has 1 saturated heterocycles. The number of hydrogen-bond donors (Lipinski definition) is 0. The second kappa shape index (κ2) is 9.64. The molecule has 0 bridgehead atoms. The van der Waals surface area contributed by atoms with Crippen LogP contribution in [0.1, 0.15) is 67.2 Å². The number of esters is 1. The minimum absolute atomic E-state index is 0.270. The van der Waals surface area contributed by atoms with Gasteiger partial charge in [-0.2, -0.15) is 0 Å². The Bertz CT molecular complexity index is 528. The summed E-state index contributed by atoms with van der Waals surface area (Å²) in [6, 6.07) is -0.534. The van der Waals surface area contributed by atoms with E-state index in [1.165, 1.54) is 10.5 Å². The molecule has 5 nitrogen and oxygen atoms in total. The molecule has 5 heteroatoms. The van der Waals surface area contributed by atoms with Crippen molar-refractivity contribution in [1.29, 1.82) is 0 Å². The van der Waals surface area contributed by atoms with Crippen LogP contribution in [0.4, 0.5) is 4.79 Å². The maximum Gasteiger partial charge on any atom is 0.411 e. The summed E-state index contributed by atoms with van der Waals surface area (Å²) in [5, 5.41) is 0. The van der Waals surface area contributed by atoms with E-state index in [-0.39, 0.29) is 12.6 Å². The number of likely N-dealkylation sites (tertiary alicyclic amines) is 1. The van der Waals surface area contributed by atoms with Crippen molar-refractivity contribution >= 4 is 12.1 Å². The van der Waals surface area contributed by atoms with Crippen molar-refractivity contribution in [2.75, 3.05) is 13.2 Å². The molecule has 1 aliphatic heterocycles. The molecule has 0 aromatic heterocycles. The van der Waals surface area contributed by atoms with Gasteiger partial charge >= 0.3 is 12.1 Å². The number of allylic oxidation sites excluding steroid dienone is 3. The fourth-order valence-electron chi connectivity index (χ4n) is 2.58. The molecule has 1 heterocycles. The first-order valence-electron chi connectivity index (χ1n) is 9.07. The summed E-state index contributed by atoms with van der Waals surface area (Å²) in [6.07, 6.45) is 7.12. The Morgan fingerprint density at radius 1 is 1.20 bits per heavy atom. The zero-order valence-corrected chi connectivity index (χ0v) is 16.6. The lowest BCUT2D eigenvalue weighted by Crippen LogP contribution is -2.44. The van der Waals surface area contributed by atoms with Crippen LogP contribution in [-0.2, 0) is 14.3 Å². The lowest BCUT2D eigenvalue weighted by atomic mass is 10.1. The number of hydrogen-bond acceptors (Lipinski definition) is 4. The Morgan fingerprint density at radius 3 is 2.48 bits per heavy atom. The molecule has 1 rings (SSSR count). The summed E-state index contributed by atoms with van der Waals surface area (Å²) in [5.74, 6) is -0.347. The molecule has 0 aromatic rings. The summed E-state index contributed by atoms with van der Waals surface area (Å²) in [7, 11) is 0. The molecule has 1 amide bonds. The molecule has 1 unspecified atom stereocenters. The summed E-state index contributed by atoms with van der Waals surface area (Å²) in [4.78, 5) is 26.1. The van der Waals surface area contributed by atoms with Crippen LogP contribution in [0.2, 0.25) is 0 Å². The van der Waals surface area contributed by atoms with E-state index in [1.807, 2.05) is 34.6 Å². The molecule has 25 heavy (non-hydrogen) atoms. The number of rotatable bonds is 6. The van der Waals surface area contributed by atoms with E-state index >= 15 is 0 Å². The normalized spacial score (nSPS) is 19.1. The summed E-state index contributed by atoms with van der Waals surface area (Å²) < 4.78 is 10.8. The molecular weight excluding hydrogens is 318 g/mol. The highest BCUT2D eigenvalue weighted by Crippen LogP contribution is 2.22. The lowest BCUT2D eigenvalue weighted by molar-refractivity contribution is -0.147. The Labute approximate surface area is 152 Å². The molecule has 0 radical (unpaired) electrons. The fraction of sp³-hybridized carbons (Fsp3) is 0.700. The molecule has 142 valence electrons. The lowest BCUT2D eigenvalue weighted by Gasteiger charge is -2.27. The minimum atomic E-state index is -0.571. The van der Waals surface area contributed by atoms with Crippen molar-refractivity contribution in [2.45, 2.75) is 78.9 Å². The zero-order chi connectivity index (χ0) is 19.0. The molecule has 0 N–H and O–H groups in total. The van der Waals surface area contributed by atoms with Gasteiger partial charge in [0.1, 0.15) is 18.2 Å². The zero-order valence-electron chi connectivity index (χ0n) is 16.6. The van der Waals surface area contributed by atoms with Gasteiger partial charge in [0, 0.05) is 6.54 Å². The van der Waals surface area contributed by atoms with Gasteiger partial charge in [0.2, 0.25) is 0 Å². The summed E-state index contributed by atoms with van der Waals surface area (Å²) in [5.41, 5.74) is 1.80. The topological polar surface area (TPSA) is 55.8 Å². The van der Waals surface area contributed by atoms with Crippen LogP contribution >= 0.6 is 0 Å². The van der Waals surface area contributed by atoms with Gasteiger partial charge in [0.25, 0.3) is 0 Å². The Hall–Kier alpha value is -1.78. The molecule has 0 saturated carbocycles. The van der Waals surface area contributed by atoms with E-state index in [2.05, 4.69) is 19.1 Å². The first-order chi connectivity index (χ1) is 11.6. The van der Waals surface area contributed by atoms with Gasteiger partial charge in [-0.3, -0.25) is 4.90 Å². The number of amides is 1. The van der Waals surface area contributed by atoms with Crippen molar-refractivity contribution in [1.82, 2.24) is 4.90 Å². The quantitative estimate of drug-likeness (QED) is 0.517. The molecule has 1 aliphatic rings. The highest BCUT2D eigenvalue weighted by molar-refractivity contribution is 5.82. The SMILES string of the molecule is C/C=C(\C)CC/C=C(\C)COC(=O)C1CCCN1C(=O)OC(C)(C)C. The van der Waals surface area contributed by atoms with Crippen LogP contribution in [0.25, 0.3) is 0 Å². The number of ether oxygens (including phenoxy) is 2. The van der Waals surface area contributed by atoms with E-state index < -0.39 is 17.7 Å². The summed E-state index contributed by atoms with van der Waals surface area (Å²) in [6.45, 7) is 12.4. The van der Waals surface area contributed by atoms with Crippen molar-refractivity contribution in [2.24, 2.45) is 0 Å². The van der Waals surface area contributed by atoms with Gasteiger partial charge in [-0.15, -0.1) is 0 Å². The van der Waals surface area contributed by atoms with Gasteiger partial charge < -0.3 is 9.47 Å². The van der Waals surface area contributed by atoms with Gasteiger partial charge in [0.05, 0.1) is 0 Å². The van der Waals surface area contributed by atoms with Crippen LogP contribution < -0.4 is 0 Å². The van der Waals surface area contributed by atoms with Gasteiger partial charge in [-0.25, -0.2) is 9.59 Å². The van der Waals surface area contributed by atoms with E-state index in [0.29, 0.717) is 13.0 Å².